The Balaban J connectivity index is 1.30. The van der Waals surface area contributed by atoms with Gasteiger partial charge in [-0.3, -0.25) is 4.79 Å². The van der Waals surface area contributed by atoms with Crippen LogP contribution in [0.2, 0.25) is 0 Å². The predicted octanol–water partition coefficient (Wildman–Crippen LogP) is 7.54. The summed E-state index contributed by atoms with van der Waals surface area (Å²) in [5.74, 6) is 2.41. The minimum absolute atomic E-state index is 0.0726. The summed E-state index contributed by atoms with van der Waals surface area (Å²) in [4.78, 5) is 12.7. The number of hydrogen-bond acceptors (Lipinski definition) is 4. The van der Waals surface area contributed by atoms with Gasteiger partial charge in [-0.2, -0.15) is 0 Å². The van der Waals surface area contributed by atoms with Crippen molar-refractivity contribution in [2.75, 3.05) is 7.11 Å². The van der Waals surface area contributed by atoms with Crippen LogP contribution in [-0.4, -0.2) is 23.8 Å². The number of rotatable bonds is 7. The van der Waals surface area contributed by atoms with Crippen LogP contribution in [0.3, 0.4) is 0 Å². The molecule has 3 fully saturated rings. The molecule has 0 saturated heterocycles. The summed E-state index contributed by atoms with van der Waals surface area (Å²) in [6.45, 7) is 7.11. The number of carbonyl (C=O) groups is 1. The van der Waals surface area contributed by atoms with Crippen LogP contribution in [0.1, 0.15) is 76.8 Å². The molecule has 4 aliphatic carbocycles. The lowest BCUT2D eigenvalue weighted by Crippen LogP contribution is -2.55. The second kappa shape index (κ2) is 10.4. The van der Waals surface area contributed by atoms with Gasteiger partial charge >= 0.3 is 0 Å². The van der Waals surface area contributed by atoms with E-state index in [1.165, 1.54) is 24.0 Å². The average Bonchev–Trinajstić information content (AvgIpc) is 3.31. The van der Waals surface area contributed by atoms with Crippen LogP contribution >= 0.6 is 0 Å². The number of Topliss-reactive ketones (excluding diaryl/α,β-unsaturated/α-hetero) is 1. The van der Waals surface area contributed by atoms with Gasteiger partial charge in [-0.1, -0.05) is 68.0 Å². The van der Waals surface area contributed by atoms with Gasteiger partial charge in [0.25, 0.3) is 0 Å². The minimum atomic E-state index is -1.15. The Kier molecular flexibility index (Phi) is 7.24. The number of methoxy groups -OCH3 is 1. The number of ketones is 1. The van der Waals surface area contributed by atoms with Crippen molar-refractivity contribution in [2.24, 2.45) is 40.4 Å². The molecule has 2 aromatic carbocycles. The molecule has 2 aromatic rings. The van der Waals surface area contributed by atoms with Crippen LogP contribution in [0.5, 0.6) is 5.75 Å². The molecule has 0 aliphatic heterocycles. The summed E-state index contributed by atoms with van der Waals surface area (Å²) in [5, 5.41) is 11.7. The second-order valence-corrected chi connectivity index (χ2v) is 13.8. The normalized spacial score (nSPS) is 38.5. The number of hydrogen-bond donors (Lipinski definition) is 1. The van der Waals surface area contributed by atoms with E-state index in [2.05, 4.69) is 50.3 Å². The van der Waals surface area contributed by atoms with Crippen LogP contribution in [0, 0.1) is 40.4 Å². The first-order valence-corrected chi connectivity index (χ1v) is 15.4. The van der Waals surface area contributed by atoms with Gasteiger partial charge in [0.15, 0.2) is 5.79 Å². The summed E-state index contributed by atoms with van der Waals surface area (Å²) in [6.07, 6.45) is 10.3. The van der Waals surface area contributed by atoms with Crippen LogP contribution in [-0.2, 0) is 22.6 Å². The summed E-state index contributed by atoms with van der Waals surface area (Å²) < 4.78 is 11.6. The maximum atomic E-state index is 12.7. The molecule has 0 amide bonds. The van der Waals surface area contributed by atoms with Crippen molar-refractivity contribution < 1.29 is 19.4 Å². The molecule has 0 heterocycles. The highest BCUT2D eigenvalue weighted by molar-refractivity contribution is 5.79. The van der Waals surface area contributed by atoms with Crippen LogP contribution in [0.4, 0.5) is 0 Å². The van der Waals surface area contributed by atoms with Gasteiger partial charge < -0.3 is 14.6 Å². The SMILES string of the molecule is COc1ccc(COC2(O)CC[C@@]3(C)C(=CC(Cc4ccccc4)[C@H]4[C@@H]5CC[C@H](C(C)=O)[C@@]5(C)CC[C@@H]43)C2)cc1. The monoisotopic (exact) mass is 542 g/mol. The Morgan fingerprint density at radius 1 is 0.925 bits per heavy atom. The molecule has 40 heavy (non-hydrogen) atoms. The van der Waals surface area contributed by atoms with Crippen LogP contribution in [0.25, 0.3) is 0 Å². The van der Waals surface area contributed by atoms with E-state index in [1.807, 2.05) is 31.2 Å². The Bertz CT molecular complexity index is 1250. The maximum absolute atomic E-state index is 12.7. The number of fused-ring (bicyclic) bond motifs is 5. The third-order valence-electron chi connectivity index (χ3n) is 11.8. The van der Waals surface area contributed by atoms with Gasteiger partial charge in [-0.15, -0.1) is 0 Å². The fourth-order valence-electron chi connectivity index (χ4n) is 9.59. The molecule has 214 valence electrons. The first-order chi connectivity index (χ1) is 19.1. The summed E-state index contributed by atoms with van der Waals surface area (Å²) >= 11 is 0. The maximum Gasteiger partial charge on any atom is 0.169 e. The van der Waals surface area contributed by atoms with Gasteiger partial charge in [0.05, 0.1) is 13.7 Å². The van der Waals surface area contributed by atoms with Crippen LogP contribution < -0.4 is 4.74 Å². The highest BCUT2D eigenvalue weighted by Gasteiger charge is 2.62. The fraction of sp³-hybridized carbons (Fsp3) is 0.583. The molecule has 4 aliphatic rings. The summed E-state index contributed by atoms with van der Waals surface area (Å²) in [7, 11) is 1.67. The molecule has 8 atom stereocenters. The molecular formula is C36H46O4. The van der Waals surface area contributed by atoms with Crippen molar-refractivity contribution in [1.29, 1.82) is 0 Å². The number of benzene rings is 2. The number of allylic oxidation sites excluding steroid dienone is 1. The van der Waals surface area contributed by atoms with Crippen molar-refractivity contribution in [2.45, 2.75) is 84.5 Å². The highest BCUT2D eigenvalue weighted by atomic mass is 16.6. The van der Waals surface area contributed by atoms with Gasteiger partial charge in [0.1, 0.15) is 11.5 Å². The summed E-state index contributed by atoms with van der Waals surface area (Å²) in [6, 6.07) is 18.8. The smallest absolute Gasteiger partial charge is 0.169 e. The van der Waals surface area contributed by atoms with E-state index < -0.39 is 5.79 Å². The third kappa shape index (κ3) is 4.75. The second-order valence-electron chi connectivity index (χ2n) is 13.8. The Morgan fingerprint density at radius 3 is 2.38 bits per heavy atom. The molecule has 0 radical (unpaired) electrons. The molecule has 0 bridgehead atoms. The Morgan fingerprint density at radius 2 is 1.68 bits per heavy atom. The Labute approximate surface area is 240 Å². The molecular weight excluding hydrogens is 496 g/mol. The van der Waals surface area contributed by atoms with Crippen molar-refractivity contribution in [3.8, 4) is 5.75 Å². The number of aliphatic hydroxyl groups is 1. The highest BCUT2D eigenvalue weighted by Crippen LogP contribution is 2.68. The predicted molar refractivity (Wildman–Crippen MR) is 158 cm³/mol. The molecule has 0 aromatic heterocycles. The first kappa shape index (κ1) is 27.7. The van der Waals surface area contributed by atoms with Crippen LogP contribution in [0.15, 0.2) is 66.2 Å². The van der Waals surface area contributed by atoms with E-state index in [0.717, 1.165) is 37.0 Å². The van der Waals surface area contributed by atoms with Gasteiger partial charge in [0.2, 0.25) is 0 Å². The lowest BCUT2D eigenvalue weighted by molar-refractivity contribution is -0.232. The van der Waals surface area contributed by atoms with E-state index in [9.17, 15) is 9.90 Å². The first-order valence-electron chi connectivity index (χ1n) is 15.4. The van der Waals surface area contributed by atoms with Gasteiger partial charge in [-0.05, 0) is 103 Å². The van der Waals surface area contributed by atoms with Crippen molar-refractivity contribution in [3.63, 3.8) is 0 Å². The lowest BCUT2D eigenvalue weighted by Gasteiger charge is -2.60. The molecule has 4 heteroatoms. The quantitative estimate of drug-likeness (QED) is 0.290. The fourth-order valence-corrected chi connectivity index (χ4v) is 9.59. The minimum Gasteiger partial charge on any atom is -0.497 e. The molecule has 2 unspecified atom stereocenters. The molecule has 6 rings (SSSR count). The number of ether oxygens (including phenoxy) is 2. The third-order valence-corrected chi connectivity index (χ3v) is 11.8. The Hall–Kier alpha value is -2.43. The largest absolute Gasteiger partial charge is 0.497 e. The van der Waals surface area contributed by atoms with E-state index >= 15 is 0 Å². The van der Waals surface area contributed by atoms with Gasteiger partial charge in [0, 0.05) is 18.8 Å². The van der Waals surface area contributed by atoms with Crippen molar-refractivity contribution in [1.82, 2.24) is 0 Å². The van der Waals surface area contributed by atoms with E-state index in [-0.39, 0.29) is 16.7 Å². The van der Waals surface area contributed by atoms with E-state index in [4.69, 9.17) is 9.47 Å². The molecule has 4 nitrogen and oxygen atoms in total. The summed E-state index contributed by atoms with van der Waals surface area (Å²) in [5.41, 5.74) is 3.99. The van der Waals surface area contributed by atoms with Crippen molar-refractivity contribution >= 4 is 5.78 Å². The zero-order chi connectivity index (χ0) is 28.1. The lowest BCUT2D eigenvalue weighted by atomic mass is 9.44. The topological polar surface area (TPSA) is 55.8 Å². The van der Waals surface area contributed by atoms with E-state index in [0.29, 0.717) is 48.9 Å². The molecule has 0 spiro atoms. The average molecular weight is 543 g/mol. The molecule has 1 N–H and O–H groups in total. The van der Waals surface area contributed by atoms with E-state index in [1.54, 1.807) is 7.11 Å². The number of carbonyl (C=O) groups excluding carboxylic acids is 1. The zero-order valence-electron chi connectivity index (χ0n) is 24.7. The van der Waals surface area contributed by atoms with Crippen molar-refractivity contribution in [3.05, 3.63) is 77.4 Å². The zero-order valence-corrected chi connectivity index (χ0v) is 24.7. The molecule has 3 saturated carbocycles. The van der Waals surface area contributed by atoms with Gasteiger partial charge in [-0.25, -0.2) is 0 Å². The standard InChI is InChI=1S/C36H46O4/c1-24(37)30-14-15-31-33-27(20-25-8-6-5-7-9-25)21-28-22-36(38,40-23-26-10-12-29(39-4)13-11-26)19-18-34(28,2)32(33)16-17-35(30,31)3/h5-13,21,27,30-33,38H,14-20,22-23H2,1-4H3/t27?,30-,31+,32+,33+,34+,35-,36?/m1/s1.